The van der Waals surface area contributed by atoms with Crippen molar-refractivity contribution < 1.29 is 4.74 Å². The summed E-state index contributed by atoms with van der Waals surface area (Å²) in [6.07, 6.45) is 8.74. The van der Waals surface area contributed by atoms with Gasteiger partial charge in [-0.05, 0) is 39.2 Å². The van der Waals surface area contributed by atoms with Crippen LogP contribution in [0.2, 0.25) is 0 Å². The van der Waals surface area contributed by atoms with Crippen LogP contribution in [0.3, 0.4) is 0 Å². The summed E-state index contributed by atoms with van der Waals surface area (Å²) in [5.41, 5.74) is 1.72. The maximum atomic E-state index is 6.08. The van der Waals surface area contributed by atoms with Crippen molar-refractivity contribution >= 4 is 0 Å². The van der Waals surface area contributed by atoms with E-state index in [4.69, 9.17) is 4.74 Å². The molecule has 3 rings (SSSR count). The van der Waals surface area contributed by atoms with Crippen LogP contribution in [0.4, 0.5) is 0 Å². The van der Waals surface area contributed by atoms with Gasteiger partial charge in [0, 0.05) is 31.9 Å². The van der Waals surface area contributed by atoms with Crippen LogP contribution >= 0.6 is 0 Å². The Labute approximate surface area is 104 Å². The first-order valence-corrected chi connectivity index (χ1v) is 7.04. The molecule has 1 atom stereocenters. The number of nitrogens with zero attached hydrogens (tertiary/aromatic N) is 2. The van der Waals surface area contributed by atoms with E-state index in [1.165, 1.54) is 38.8 Å². The van der Waals surface area contributed by atoms with Gasteiger partial charge >= 0.3 is 0 Å². The summed E-state index contributed by atoms with van der Waals surface area (Å²) in [5, 5.41) is 0. The molecule has 96 valence electrons. The van der Waals surface area contributed by atoms with E-state index in [9.17, 15) is 0 Å². The monoisotopic (exact) mass is 236 g/mol. The Hall–Kier alpha value is -0.540. The second kappa shape index (κ2) is 4.62. The van der Waals surface area contributed by atoms with Crippen molar-refractivity contribution in [3.05, 3.63) is 11.8 Å². The highest BCUT2D eigenvalue weighted by Gasteiger charge is 2.37. The molecule has 0 bridgehead atoms. The average molecular weight is 236 g/mol. The molecular formula is C14H24N2O. The van der Waals surface area contributed by atoms with Gasteiger partial charge in [-0.25, -0.2) is 0 Å². The molecule has 1 spiro atoms. The normalized spacial score (nSPS) is 35.4. The average Bonchev–Trinajstić information content (AvgIpc) is 2.83. The highest BCUT2D eigenvalue weighted by atomic mass is 16.5. The van der Waals surface area contributed by atoms with Crippen LogP contribution in [0.5, 0.6) is 0 Å². The molecular weight excluding hydrogens is 212 g/mol. The minimum Gasteiger partial charge on any atom is -0.375 e. The van der Waals surface area contributed by atoms with Crippen molar-refractivity contribution in [2.24, 2.45) is 0 Å². The van der Waals surface area contributed by atoms with E-state index in [1.54, 1.807) is 5.70 Å². The van der Waals surface area contributed by atoms with Gasteiger partial charge in [0.25, 0.3) is 0 Å². The van der Waals surface area contributed by atoms with Crippen molar-refractivity contribution in [3.63, 3.8) is 0 Å². The summed E-state index contributed by atoms with van der Waals surface area (Å²) < 4.78 is 6.08. The number of likely N-dealkylation sites (tertiary alicyclic amines) is 1. The molecule has 2 fully saturated rings. The quantitative estimate of drug-likeness (QED) is 0.691. The van der Waals surface area contributed by atoms with E-state index in [1.807, 2.05) is 0 Å². The lowest BCUT2D eigenvalue weighted by molar-refractivity contribution is -0.109. The van der Waals surface area contributed by atoms with Gasteiger partial charge in [0.1, 0.15) is 0 Å². The van der Waals surface area contributed by atoms with E-state index in [2.05, 4.69) is 22.9 Å². The lowest BCUT2D eigenvalue weighted by atomic mass is 9.86. The van der Waals surface area contributed by atoms with Gasteiger partial charge in [-0.1, -0.05) is 6.08 Å². The van der Waals surface area contributed by atoms with E-state index < -0.39 is 0 Å². The molecule has 3 nitrogen and oxygen atoms in total. The van der Waals surface area contributed by atoms with E-state index in [0.29, 0.717) is 0 Å². The Morgan fingerprint density at radius 1 is 1.24 bits per heavy atom. The fourth-order valence-corrected chi connectivity index (χ4v) is 3.46. The third-order valence-electron chi connectivity index (χ3n) is 4.50. The number of hydrogen-bond donors (Lipinski definition) is 0. The van der Waals surface area contributed by atoms with Crippen LogP contribution in [0.1, 0.15) is 32.1 Å². The maximum Gasteiger partial charge on any atom is 0.0847 e. The number of allylic oxidation sites excluding steroid dienone is 1. The predicted octanol–water partition coefficient (Wildman–Crippen LogP) is 1.85. The summed E-state index contributed by atoms with van der Waals surface area (Å²) in [4.78, 5) is 5.00. The fraction of sp³-hybridized carbons (Fsp3) is 0.857. The van der Waals surface area contributed by atoms with Crippen molar-refractivity contribution in [2.75, 3.05) is 39.8 Å². The smallest absolute Gasteiger partial charge is 0.0847 e. The van der Waals surface area contributed by atoms with E-state index >= 15 is 0 Å². The number of likely N-dealkylation sites (N-methyl/N-ethyl adjacent to an activating group) is 1. The number of rotatable bonds is 1. The van der Waals surface area contributed by atoms with Gasteiger partial charge in [-0.2, -0.15) is 0 Å². The van der Waals surface area contributed by atoms with Crippen molar-refractivity contribution in [2.45, 2.75) is 37.7 Å². The molecule has 0 saturated carbocycles. The van der Waals surface area contributed by atoms with Crippen LogP contribution in [-0.4, -0.2) is 55.2 Å². The highest BCUT2D eigenvalue weighted by Crippen LogP contribution is 2.35. The Bertz CT molecular complexity index is 309. The molecule has 0 aromatic heterocycles. The summed E-state index contributed by atoms with van der Waals surface area (Å²) in [6.45, 7) is 5.66. The molecule has 0 N–H and O–H groups in total. The van der Waals surface area contributed by atoms with Gasteiger partial charge < -0.3 is 14.5 Å². The van der Waals surface area contributed by atoms with Crippen LogP contribution in [0, 0.1) is 0 Å². The molecule has 3 aliphatic rings. The van der Waals surface area contributed by atoms with Gasteiger partial charge in [0.05, 0.1) is 12.2 Å². The van der Waals surface area contributed by atoms with Crippen LogP contribution in [-0.2, 0) is 4.74 Å². The third-order valence-corrected chi connectivity index (χ3v) is 4.50. The largest absolute Gasteiger partial charge is 0.375 e. The molecule has 0 amide bonds. The molecule has 0 aromatic rings. The summed E-state index contributed by atoms with van der Waals surface area (Å²) in [6, 6.07) is 0. The molecule has 17 heavy (non-hydrogen) atoms. The Balaban J connectivity index is 1.65. The minimum absolute atomic E-state index is 0.135. The SMILES string of the molecule is CN1CCOC2(CC=C(N3CCCC3)CC2)C1. The molecule has 0 aromatic carbocycles. The Morgan fingerprint density at radius 3 is 2.71 bits per heavy atom. The topological polar surface area (TPSA) is 15.7 Å². The molecule has 2 heterocycles. The van der Waals surface area contributed by atoms with Crippen LogP contribution in [0.25, 0.3) is 0 Å². The third kappa shape index (κ3) is 2.36. The first-order chi connectivity index (χ1) is 8.27. The molecule has 2 saturated heterocycles. The predicted molar refractivity (Wildman–Crippen MR) is 68.9 cm³/mol. The molecule has 3 heteroatoms. The lowest BCUT2D eigenvalue weighted by Gasteiger charge is -2.44. The molecule has 2 aliphatic heterocycles. The van der Waals surface area contributed by atoms with Crippen LogP contribution < -0.4 is 0 Å². The van der Waals surface area contributed by atoms with Gasteiger partial charge in [0.2, 0.25) is 0 Å². The minimum atomic E-state index is 0.135. The molecule has 1 unspecified atom stereocenters. The standard InChI is InChI=1S/C14H24N2O/c1-15-10-11-17-14(12-15)6-4-13(5-7-14)16-8-2-3-9-16/h4H,2-3,5-12H2,1H3. The summed E-state index contributed by atoms with van der Waals surface area (Å²) >= 11 is 0. The van der Waals surface area contributed by atoms with Crippen LogP contribution in [0.15, 0.2) is 11.8 Å². The Kier molecular flexibility index (Phi) is 3.14. The summed E-state index contributed by atoms with van der Waals surface area (Å²) in [5.74, 6) is 0. The van der Waals surface area contributed by atoms with Crippen molar-refractivity contribution in [1.82, 2.24) is 9.80 Å². The number of hydrogen-bond acceptors (Lipinski definition) is 3. The fourth-order valence-electron chi connectivity index (χ4n) is 3.46. The van der Waals surface area contributed by atoms with E-state index in [0.717, 1.165) is 26.1 Å². The molecule has 1 aliphatic carbocycles. The van der Waals surface area contributed by atoms with Gasteiger partial charge in [0.15, 0.2) is 0 Å². The first kappa shape index (κ1) is 11.5. The zero-order valence-corrected chi connectivity index (χ0v) is 11.0. The van der Waals surface area contributed by atoms with E-state index in [-0.39, 0.29) is 5.60 Å². The number of morpholine rings is 1. The highest BCUT2D eigenvalue weighted by molar-refractivity contribution is 5.12. The van der Waals surface area contributed by atoms with Crippen molar-refractivity contribution in [1.29, 1.82) is 0 Å². The zero-order chi connectivity index (χ0) is 11.7. The molecule has 0 radical (unpaired) electrons. The van der Waals surface area contributed by atoms with Gasteiger partial charge in [-0.15, -0.1) is 0 Å². The first-order valence-electron chi connectivity index (χ1n) is 7.04. The second-order valence-corrected chi connectivity index (χ2v) is 5.86. The van der Waals surface area contributed by atoms with Gasteiger partial charge in [-0.3, -0.25) is 0 Å². The second-order valence-electron chi connectivity index (χ2n) is 5.86. The Morgan fingerprint density at radius 2 is 2.06 bits per heavy atom. The summed E-state index contributed by atoms with van der Waals surface area (Å²) in [7, 11) is 2.21. The maximum absolute atomic E-state index is 6.08. The lowest BCUT2D eigenvalue weighted by Crippen LogP contribution is -2.51. The number of ether oxygens (including phenoxy) is 1. The van der Waals surface area contributed by atoms with Crippen molar-refractivity contribution in [3.8, 4) is 0 Å². The zero-order valence-electron chi connectivity index (χ0n) is 11.0.